The largest absolute Gasteiger partial charge is 0.237 e. The zero-order valence-electron chi connectivity index (χ0n) is 9.74. The standard InChI is InChI=1S/C11H9FN2.C2H6/c1-8-7-9(12)3-4-10(8)11-13-5-2-6-14-11;1-2/h2-7H,1H3;1-2H3. The minimum Gasteiger partial charge on any atom is -0.237 e. The summed E-state index contributed by atoms with van der Waals surface area (Å²) in [5, 5.41) is 0. The van der Waals surface area contributed by atoms with Gasteiger partial charge in [-0.05, 0) is 36.8 Å². The third-order valence-corrected chi connectivity index (χ3v) is 2.00. The Bertz CT molecular complexity index is 441. The van der Waals surface area contributed by atoms with Gasteiger partial charge in [0.2, 0.25) is 0 Å². The van der Waals surface area contributed by atoms with Crippen LogP contribution in [-0.2, 0) is 0 Å². The van der Waals surface area contributed by atoms with Gasteiger partial charge in [0, 0.05) is 18.0 Å². The second-order valence-electron chi connectivity index (χ2n) is 3.03. The molecule has 3 heteroatoms. The predicted octanol–water partition coefficient (Wildman–Crippen LogP) is 3.62. The second kappa shape index (κ2) is 5.95. The molecule has 2 aromatic rings. The minimum atomic E-state index is -0.234. The lowest BCUT2D eigenvalue weighted by Gasteiger charge is -2.02. The molecule has 1 heterocycles. The van der Waals surface area contributed by atoms with Crippen molar-refractivity contribution < 1.29 is 4.39 Å². The highest BCUT2D eigenvalue weighted by atomic mass is 19.1. The van der Waals surface area contributed by atoms with Crippen LogP contribution in [0.1, 0.15) is 19.4 Å². The van der Waals surface area contributed by atoms with E-state index in [0.717, 1.165) is 11.1 Å². The average Bonchev–Trinajstić information content (AvgIpc) is 2.33. The van der Waals surface area contributed by atoms with Gasteiger partial charge in [0.15, 0.2) is 5.82 Å². The molecule has 1 aromatic carbocycles. The number of benzene rings is 1. The van der Waals surface area contributed by atoms with Crippen molar-refractivity contribution in [1.29, 1.82) is 0 Å². The first kappa shape index (κ1) is 12.3. The molecule has 0 unspecified atom stereocenters. The van der Waals surface area contributed by atoms with Gasteiger partial charge in [0.25, 0.3) is 0 Å². The SMILES string of the molecule is CC.Cc1cc(F)ccc1-c1ncccn1. The van der Waals surface area contributed by atoms with Gasteiger partial charge < -0.3 is 0 Å². The summed E-state index contributed by atoms with van der Waals surface area (Å²) in [5.41, 5.74) is 1.71. The van der Waals surface area contributed by atoms with E-state index in [2.05, 4.69) is 9.97 Å². The Labute approximate surface area is 95.2 Å². The summed E-state index contributed by atoms with van der Waals surface area (Å²) < 4.78 is 12.8. The monoisotopic (exact) mass is 218 g/mol. The molecule has 2 rings (SSSR count). The van der Waals surface area contributed by atoms with E-state index in [1.807, 2.05) is 20.8 Å². The summed E-state index contributed by atoms with van der Waals surface area (Å²) >= 11 is 0. The van der Waals surface area contributed by atoms with Crippen LogP contribution in [0.3, 0.4) is 0 Å². The number of hydrogen-bond donors (Lipinski definition) is 0. The molecule has 84 valence electrons. The van der Waals surface area contributed by atoms with E-state index in [1.54, 1.807) is 24.5 Å². The van der Waals surface area contributed by atoms with Gasteiger partial charge >= 0.3 is 0 Å². The molecule has 1 aromatic heterocycles. The van der Waals surface area contributed by atoms with E-state index >= 15 is 0 Å². The average molecular weight is 218 g/mol. The van der Waals surface area contributed by atoms with Crippen molar-refractivity contribution >= 4 is 0 Å². The summed E-state index contributed by atoms with van der Waals surface area (Å²) in [6.07, 6.45) is 3.34. The Morgan fingerprint density at radius 1 is 1.06 bits per heavy atom. The van der Waals surface area contributed by atoms with Crippen LogP contribution in [0.4, 0.5) is 4.39 Å². The molecule has 0 bridgehead atoms. The quantitative estimate of drug-likeness (QED) is 0.730. The van der Waals surface area contributed by atoms with Gasteiger partial charge in [-0.1, -0.05) is 13.8 Å². The molecule has 0 atom stereocenters. The zero-order chi connectivity index (χ0) is 12.0. The summed E-state index contributed by atoms with van der Waals surface area (Å²) in [7, 11) is 0. The molecule has 0 saturated carbocycles. The van der Waals surface area contributed by atoms with Crippen LogP contribution < -0.4 is 0 Å². The summed E-state index contributed by atoms with van der Waals surface area (Å²) in [4.78, 5) is 8.21. The number of aromatic nitrogens is 2. The van der Waals surface area contributed by atoms with Crippen LogP contribution in [0.2, 0.25) is 0 Å². The number of nitrogens with zero attached hydrogens (tertiary/aromatic N) is 2. The van der Waals surface area contributed by atoms with E-state index in [4.69, 9.17) is 0 Å². The van der Waals surface area contributed by atoms with Crippen molar-refractivity contribution in [1.82, 2.24) is 9.97 Å². The van der Waals surface area contributed by atoms with Gasteiger partial charge in [-0.3, -0.25) is 0 Å². The molecule has 0 spiro atoms. The van der Waals surface area contributed by atoms with E-state index in [-0.39, 0.29) is 5.82 Å². The Kier molecular flexibility index (Phi) is 4.58. The molecule has 0 radical (unpaired) electrons. The maximum atomic E-state index is 12.8. The highest BCUT2D eigenvalue weighted by molar-refractivity contribution is 5.59. The molecular weight excluding hydrogens is 203 g/mol. The van der Waals surface area contributed by atoms with E-state index in [9.17, 15) is 4.39 Å². The number of aryl methyl sites for hydroxylation is 1. The fourth-order valence-electron chi connectivity index (χ4n) is 1.32. The van der Waals surface area contributed by atoms with Crippen molar-refractivity contribution in [2.75, 3.05) is 0 Å². The van der Waals surface area contributed by atoms with E-state index in [0.29, 0.717) is 5.82 Å². The number of halogens is 1. The molecule has 0 aliphatic carbocycles. The lowest BCUT2D eigenvalue weighted by molar-refractivity contribution is 0.627. The maximum absolute atomic E-state index is 12.8. The molecule has 0 fully saturated rings. The molecule has 16 heavy (non-hydrogen) atoms. The molecule has 0 aliphatic heterocycles. The molecular formula is C13H15FN2. The van der Waals surface area contributed by atoms with Crippen LogP contribution in [-0.4, -0.2) is 9.97 Å². The third kappa shape index (κ3) is 2.86. The first-order valence-electron chi connectivity index (χ1n) is 5.31. The van der Waals surface area contributed by atoms with Gasteiger partial charge in [0.1, 0.15) is 5.82 Å². The van der Waals surface area contributed by atoms with Gasteiger partial charge in [-0.2, -0.15) is 0 Å². The first-order valence-corrected chi connectivity index (χ1v) is 5.31. The maximum Gasteiger partial charge on any atom is 0.159 e. The third-order valence-electron chi connectivity index (χ3n) is 2.00. The number of rotatable bonds is 1. The van der Waals surface area contributed by atoms with Gasteiger partial charge in [-0.15, -0.1) is 0 Å². The summed E-state index contributed by atoms with van der Waals surface area (Å²) in [6, 6.07) is 6.34. The predicted molar refractivity (Wildman–Crippen MR) is 63.5 cm³/mol. The normalized spacial score (nSPS) is 9.25. The molecule has 0 amide bonds. The molecule has 0 N–H and O–H groups in total. The lowest BCUT2D eigenvalue weighted by atomic mass is 10.1. The van der Waals surface area contributed by atoms with Crippen molar-refractivity contribution in [3.8, 4) is 11.4 Å². The van der Waals surface area contributed by atoms with Crippen molar-refractivity contribution in [2.24, 2.45) is 0 Å². The van der Waals surface area contributed by atoms with Gasteiger partial charge in [0.05, 0.1) is 0 Å². The summed E-state index contributed by atoms with van der Waals surface area (Å²) in [5.74, 6) is 0.396. The van der Waals surface area contributed by atoms with Crippen LogP contribution in [0.25, 0.3) is 11.4 Å². The molecule has 0 saturated heterocycles. The lowest BCUT2D eigenvalue weighted by Crippen LogP contribution is -1.90. The van der Waals surface area contributed by atoms with Crippen LogP contribution in [0, 0.1) is 12.7 Å². The van der Waals surface area contributed by atoms with Crippen LogP contribution >= 0.6 is 0 Å². The Morgan fingerprint density at radius 3 is 2.25 bits per heavy atom. The van der Waals surface area contributed by atoms with Crippen molar-refractivity contribution in [2.45, 2.75) is 20.8 Å². The Hall–Kier alpha value is -1.77. The highest BCUT2D eigenvalue weighted by Gasteiger charge is 2.04. The molecule has 2 nitrogen and oxygen atoms in total. The fourth-order valence-corrected chi connectivity index (χ4v) is 1.32. The smallest absolute Gasteiger partial charge is 0.159 e. The van der Waals surface area contributed by atoms with Crippen molar-refractivity contribution in [3.05, 3.63) is 48.0 Å². The summed E-state index contributed by atoms with van der Waals surface area (Å²) in [6.45, 7) is 5.84. The number of hydrogen-bond acceptors (Lipinski definition) is 2. The highest BCUT2D eigenvalue weighted by Crippen LogP contribution is 2.19. The zero-order valence-corrected chi connectivity index (χ0v) is 9.74. The van der Waals surface area contributed by atoms with E-state index in [1.165, 1.54) is 12.1 Å². The Morgan fingerprint density at radius 2 is 1.69 bits per heavy atom. The second-order valence-corrected chi connectivity index (χ2v) is 3.03. The minimum absolute atomic E-state index is 0.234. The van der Waals surface area contributed by atoms with Gasteiger partial charge in [-0.25, -0.2) is 14.4 Å². The first-order chi connectivity index (χ1) is 7.77. The fraction of sp³-hybridized carbons (Fsp3) is 0.231. The Balaban J connectivity index is 0.000000606. The van der Waals surface area contributed by atoms with Crippen LogP contribution in [0.15, 0.2) is 36.7 Å². The van der Waals surface area contributed by atoms with Crippen molar-refractivity contribution in [3.63, 3.8) is 0 Å². The topological polar surface area (TPSA) is 25.8 Å². The van der Waals surface area contributed by atoms with Crippen LogP contribution in [0.5, 0.6) is 0 Å². The molecule has 0 aliphatic rings. The van der Waals surface area contributed by atoms with E-state index < -0.39 is 0 Å².